The third-order valence-corrected chi connectivity index (χ3v) is 5.12. The third kappa shape index (κ3) is 3.49. The van der Waals surface area contributed by atoms with E-state index in [4.69, 9.17) is 9.47 Å². The second kappa shape index (κ2) is 6.49. The minimum absolute atomic E-state index is 0.124. The number of aldehydes is 1. The first-order valence-electron chi connectivity index (χ1n) is 7.76. The van der Waals surface area contributed by atoms with E-state index < -0.39 is 0 Å². The van der Waals surface area contributed by atoms with Gasteiger partial charge in [0.15, 0.2) is 6.29 Å². The molecular weight excluding hydrogens is 332 g/mol. The van der Waals surface area contributed by atoms with Crippen molar-refractivity contribution in [3.05, 3.63) is 28.2 Å². The number of halogens is 1. The first kappa shape index (κ1) is 15.0. The van der Waals surface area contributed by atoms with Crippen molar-refractivity contribution in [2.45, 2.75) is 56.7 Å². The van der Waals surface area contributed by atoms with Gasteiger partial charge in [0.2, 0.25) is 0 Å². The van der Waals surface area contributed by atoms with Gasteiger partial charge in [0.1, 0.15) is 12.4 Å². The van der Waals surface area contributed by atoms with E-state index in [-0.39, 0.29) is 11.7 Å². The lowest BCUT2D eigenvalue weighted by atomic mass is 9.83. The van der Waals surface area contributed by atoms with Gasteiger partial charge in [-0.3, -0.25) is 4.79 Å². The van der Waals surface area contributed by atoms with Crippen LogP contribution in [0.25, 0.3) is 0 Å². The second-order valence-electron chi connectivity index (χ2n) is 6.13. The molecule has 1 aromatic rings. The zero-order chi connectivity index (χ0) is 14.7. The van der Waals surface area contributed by atoms with E-state index in [0.29, 0.717) is 17.9 Å². The molecule has 1 aliphatic heterocycles. The van der Waals surface area contributed by atoms with Crippen LogP contribution in [0.3, 0.4) is 0 Å². The molecule has 1 aliphatic carbocycles. The molecule has 2 aliphatic rings. The lowest BCUT2D eigenvalue weighted by Gasteiger charge is -2.33. The number of rotatable bonds is 4. The van der Waals surface area contributed by atoms with E-state index in [1.54, 1.807) is 6.07 Å². The van der Waals surface area contributed by atoms with Crippen molar-refractivity contribution < 1.29 is 14.3 Å². The molecule has 0 bridgehead atoms. The van der Waals surface area contributed by atoms with Gasteiger partial charge in [-0.05, 0) is 43.9 Å². The lowest BCUT2D eigenvalue weighted by molar-refractivity contribution is -0.0749. The molecule has 4 heteroatoms. The van der Waals surface area contributed by atoms with Gasteiger partial charge in [-0.2, -0.15) is 0 Å². The highest BCUT2D eigenvalue weighted by Gasteiger charge is 2.40. The molecule has 21 heavy (non-hydrogen) atoms. The van der Waals surface area contributed by atoms with Crippen molar-refractivity contribution in [2.24, 2.45) is 0 Å². The molecule has 1 heterocycles. The number of carbonyl (C=O) groups excluding carboxylic acids is 1. The minimum Gasteiger partial charge on any atom is -0.490 e. The van der Waals surface area contributed by atoms with Crippen molar-refractivity contribution in [3.8, 4) is 5.75 Å². The fraction of sp³-hybridized carbons (Fsp3) is 0.588. The fourth-order valence-corrected chi connectivity index (χ4v) is 3.88. The van der Waals surface area contributed by atoms with E-state index in [9.17, 15) is 4.79 Å². The average molecular weight is 353 g/mol. The lowest BCUT2D eigenvalue weighted by Crippen LogP contribution is -2.32. The highest BCUT2D eigenvalue weighted by molar-refractivity contribution is 9.10. The summed E-state index contributed by atoms with van der Waals surface area (Å²) in [7, 11) is 0. The van der Waals surface area contributed by atoms with E-state index in [2.05, 4.69) is 15.9 Å². The van der Waals surface area contributed by atoms with Crippen LogP contribution in [0.15, 0.2) is 22.7 Å². The Morgan fingerprint density at radius 2 is 2.10 bits per heavy atom. The Hall–Kier alpha value is -0.870. The third-order valence-electron chi connectivity index (χ3n) is 4.63. The molecule has 1 spiro atoms. The highest BCUT2D eigenvalue weighted by atomic mass is 79.9. The first-order valence-corrected chi connectivity index (χ1v) is 8.55. The van der Waals surface area contributed by atoms with Gasteiger partial charge in [0.25, 0.3) is 0 Å². The Morgan fingerprint density at radius 3 is 2.86 bits per heavy atom. The SMILES string of the molecule is O=Cc1cc(Br)ccc1OCC1CCC2(CCCCC2)O1. The van der Waals surface area contributed by atoms with Crippen molar-refractivity contribution in [2.75, 3.05) is 6.61 Å². The molecule has 1 saturated carbocycles. The summed E-state index contributed by atoms with van der Waals surface area (Å²) in [4.78, 5) is 11.1. The minimum atomic E-state index is 0.124. The smallest absolute Gasteiger partial charge is 0.153 e. The van der Waals surface area contributed by atoms with Crippen molar-refractivity contribution in [1.29, 1.82) is 0 Å². The van der Waals surface area contributed by atoms with E-state index >= 15 is 0 Å². The van der Waals surface area contributed by atoms with Crippen LogP contribution in [0.1, 0.15) is 55.3 Å². The second-order valence-corrected chi connectivity index (χ2v) is 7.05. The number of carbonyl (C=O) groups is 1. The molecular formula is C17H21BrO3. The van der Waals surface area contributed by atoms with Crippen LogP contribution >= 0.6 is 15.9 Å². The fourth-order valence-electron chi connectivity index (χ4n) is 3.50. The molecule has 2 fully saturated rings. The van der Waals surface area contributed by atoms with Gasteiger partial charge in [-0.1, -0.05) is 35.2 Å². The van der Waals surface area contributed by atoms with Crippen LogP contribution < -0.4 is 4.74 Å². The number of benzene rings is 1. The van der Waals surface area contributed by atoms with Gasteiger partial charge in [0.05, 0.1) is 17.3 Å². The van der Waals surface area contributed by atoms with Crippen molar-refractivity contribution in [3.63, 3.8) is 0 Å². The summed E-state index contributed by atoms with van der Waals surface area (Å²) in [5.74, 6) is 0.640. The van der Waals surface area contributed by atoms with Crippen LogP contribution in [0.2, 0.25) is 0 Å². The van der Waals surface area contributed by atoms with Crippen molar-refractivity contribution in [1.82, 2.24) is 0 Å². The normalized spacial score (nSPS) is 24.1. The molecule has 114 valence electrons. The molecule has 3 rings (SSSR count). The molecule has 0 N–H and O–H groups in total. The summed E-state index contributed by atoms with van der Waals surface area (Å²) >= 11 is 3.36. The summed E-state index contributed by atoms with van der Waals surface area (Å²) in [6.45, 7) is 0.532. The van der Waals surface area contributed by atoms with Gasteiger partial charge >= 0.3 is 0 Å². The predicted molar refractivity (Wildman–Crippen MR) is 84.9 cm³/mol. The molecule has 0 amide bonds. The number of hydrogen-bond donors (Lipinski definition) is 0. The molecule has 1 atom stereocenters. The molecule has 1 saturated heterocycles. The van der Waals surface area contributed by atoms with Crippen LogP contribution in [0.5, 0.6) is 5.75 Å². The highest BCUT2D eigenvalue weighted by Crippen LogP contribution is 2.42. The Morgan fingerprint density at radius 1 is 1.29 bits per heavy atom. The van der Waals surface area contributed by atoms with Crippen LogP contribution in [0, 0.1) is 0 Å². The Kier molecular flexibility index (Phi) is 4.65. The average Bonchev–Trinajstić information content (AvgIpc) is 2.89. The van der Waals surface area contributed by atoms with Crippen LogP contribution in [-0.2, 0) is 4.74 Å². The molecule has 1 unspecified atom stereocenters. The summed E-state index contributed by atoms with van der Waals surface area (Å²) < 4.78 is 13.0. The van der Waals surface area contributed by atoms with Crippen LogP contribution in [-0.4, -0.2) is 24.6 Å². The standard InChI is InChI=1S/C17H21BrO3/c18-14-4-5-16(13(10-14)11-19)20-12-15-6-9-17(21-15)7-2-1-3-8-17/h4-5,10-11,15H,1-3,6-9,12H2. The van der Waals surface area contributed by atoms with Gasteiger partial charge in [-0.15, -0.1) is 0 Å². The number of hydrogen-bond acceptors (Lipinski definition) is 3. The van der Waals surface area contributed by atoms with E-state index in [0.717, 1.165) is 23.6 Å². The predicted octanol–water partition coefficient (Wildman–Crippen LogP) is 4.52. The zero-order valence-electron chi connectivity index (χ0n) is 12.1. The summed E-state index contributed by atoms with van der Waals surface area (Å²) in [5.41, 5.74) is 0.703. The van der Waals surface area contributed by atoms with Gasteiger partial charge < -0.3 is 9.47 Å². The quantitative estimate of drug-likeness (QED) is 0.747. The van der Waals surface area contributed by atoms with E-state index in [1.807, 2.05) is 12.1 Å². The zero-order valence-corrected chi connectivity index (χ0v) is 13.7. The Balaban J connectivity index is 1.57. The number of ether oxygens (including phenoxy) is 2. The topological polar surface area (TPSA) is 35.5 Å². The van der Waals surface area contributed by atoms with E-state index in [1.165, 1.54) is 32.1 Å². The monoisotopic (exact) mass is 352 g/mol. The molecule has 3 nitrogen and oxygen atoms in total. The first-order chi connectivity index (χ1) is 10.2. The van der Waals surface area contributed by atoms with Crippen LogP contribution in [0.4, 0.5) is 0 Å². The molecule has 1 aromatic carbocycles. The van der Waals surface area contributed by atoms with Gasteiger partial charge in [0, 0.05) is 4.47 Å². The largest absolute Gasteiger partial charge is 0.490 e. The summed E-state index contributed by atoms with van der Waals surface area (Å²) in [6.07, 6.45) is 9.51. The molecule has 0 radical (unpaired) electrons. The van der Waals surface area contributed by atoms with Crippen molar-refractivity contribution >= 4 is 22.2 Å². The maximum absolute atomic E-state index is 11.1. The Bertz CT molecular complexity index is 509. The maximum atomic E-state index is 11.1. The maximum Gasteiger partial charge on any atom is 0.153 e. The Labute approximate surface area is 134 Å². The molecule has 0 aromatic heterocycles. The van der Waals surface area contributed by atoms with Gasteiger partial charge in [-0.25, -0.2) is 0 Å². The summed E-state index contributed by atoms with van der Waals surface area (Å²) in [6, 6.07) is 5.50. The summed E-state index contributed by atoms with van der Waals surface area (Å²) in [5, 5.41) is 0.